The number of carbonyl (C=O) groups excluding carboxylic acids is 3. The predicted molar refractivity (Wildman–Crippen MR) is 130 cm³/mol. The molecule has 0 radical (unpaired) electrons. The first-order valence-electron chi connectivity index (χ1n) is 9.97. The summed E-state index contributed by atoms with van der Waals surface area (Å²) < 4.78 is 0. The molecule has 3 rings (SSSR count). The maximum Gasteiger partial charge on any atom is 0.323 e. The number of rotatable bonds is 7. The molecule has 0 aliphatic heterocycles. The third-order valence-electron chi connectivity index (χ3n) is 4.30. The molecule has 0 bridgehead atoms. The summed E-state index contributed by atoms with van der Waals surface area (Å²) in [6, 6.07) is 23.0. The smallest absolute Gasteiger partial charge is 0.323 e. The SMILES string of the molecule is CC(=O)Nc1ccc(SC(C)C(=O)Nc2ccc(NC(=O)Nc3ccccc3)cc2)cc1. The Morgan fingerprint density at radius 1 is 0.656 bits per heavy atom. The van der Waals surface area contributed by atoms with Crippen LogP contribution in [-0.2, 0) is 9.59 Å². The Bertz CT molecular complexity index is 1070. The second-order valence-corrected chi connectivity index (χ2v) is 8.39. The van der Waals surface area contributed by atoms with Gasteiger partial charge in [-0.2, -0.15) is 0 Å². The highest BCUT2D eigenvalue weighted by Crippen LogP contribution is 2.26. The zero-order valence-corrected chi connectivity index (χ0v) is 18.5. The first-order valence-corrected chi connectivity index (χ1v) is 10.9. The lowest BCUT2D eigenvalue weighted by Gasteiger charge is -2.13. The van der Waals surface area contributed by atoms with Crippen LogP contribution in [0.2, 0.25) is 0 Å². The lowest BCUT2D eigenvalue weighted by atomic mass is 10.2. The third-order valence-corrected chi connectivity index (χ3v) is 5.41. The van der Waals surface area contributed by atoms with Crippen LogP contribution in [0.25, 0.3) is 0 Å². The molecule has 8 heteroatoms. The molecule has 0 aliphatic rings. The van der Waals surface area contributed by atoms with Gasteiger partial charge in [-0.15, -0.1) is 11.8 Å². The maximum absolute atomic E-state index is 12.5. The van der Waals surface area contributed by atoms with E-state index in [2.05, 4.69) is 21.3 Å². The number of benzene rings is 3. The molecule has 7 nitrogen and oxygen atoms in total. The van der Waals surface area contributed by atoms with Gasteiger partial charge in [0, 0.05) is 34.6 Å². The normalized spacial score (nSPS) is 11.2. The monoisotopic (exact) mass is 448 g/mol. The number of carbonyl (C=O) groups is 3. The topological polar surface area (TPSA) is 99.3 Å². The molecule has 0 heterocycles. The highest BCUT2D eigenvalue weighted by atomic mass is 32.2. The number of urea groups is 1. The molecule has 0 aliphatic carbocycles. The van der Waals surface area contributed by atoms with Crippen molar-refractivity contribution in [3.8, 4) is 0 Å². The minimum Gasteiger partial charge on any atom is -0.326 e. The van der Waals surface area contributed by atoms with Gasteiger partial charge in [-0.1, -0.05) is 18.2 Å². The molecule has 0 saturated carbocycles. The van der Waals surface area contributed by atoms with Gasteiger partial charge in [-0.3, -0.25) is 9.59 Å². The molecule has 1 atom stereocenters. The van der Waals surface area contributed by atoms with Crippen molar-refractivity contribution in [3.63, 3.8) is 0 Å². The summed E-state index contributed by atoms with van der Waals surface area (Å²) in [6.45, 7) is 3.28. The molecule has 32 heavy (non-hydrogen) atoms. The summed E-state index contributed by atoms with van der Waals surface area (Å²) in [5, 5.41) is 10.8. The quantitative estimate of drug-likeness (QED) is 0.363. The van der Waals surface area contributed by atoms with Crippen LogP contribution < -0.4 is 21.3 Å². The number of hydrogen-bond donors (Lipinski definition) is 4. The molecule has 1 unspecified atom stereocenters. The van der Waals surface area contributed by atoms with Crippen molar-refractivity contribution in [3.05, 3.63) is 78.9 Å². The molecule has 164 valence electrons. The number of nitrogens with one attached hydrogen (secondary N) is 4. The lowest BCUT2D eigenvalue weighted by Crippen LogP contribution is -2.22. The molecule has 4 N–H and O–H groups in total. The average Bonchev–Trinajstić information content (AvgIpc) is 2.76. The fourth-order valence-electron chi connectivity index (χ4n) is 2.77. The minimum atomic E-state index is -0.345. The Hall–Kier alpha value is -3.78. The van der Waals surface area contributed by atoms with E-state index in [1.165, 1.54) is 18.7 Å². The zero-order valence-electron chi connectivity index (χ0n) is 17.7. The van der Waals surface area contributed by atoms with Gasteiger partial charge >= 0.3 is 6.03 Å². The van der Waals surface area contributed by atoms with Gasteiger partial charge in [-0.05, 0) is 67.6 Å². The van der Waals surface area contributed by atoms with Crippen LogP contribution in [0, 0.1) is 0 Å². The van der Waals surface area contributed by atoms with Crippen molar-refractivity contribution in [2.45, 2.75) is 24.0 Å². The van der Waals surface area contributed by atoms with Crippen molar-refractivity contribution in [2.24, 2.45) is 0 Å². The Morgan fingerprint density at radius 2 is 1.12 bits per heavy atom. The van der Waals surface area contributed by atoms with Gasteiger partial charge in [0.2, 0.25) is 11.8 Å². The van der Waals surface area contributed by atoms with Crippen LogP contribution in [0.1, 0.15) is 13.8 Å². The van der Waals surface area contributed by atoms with Gasteiger partial charge in [0.15, 0.2) is 0 Å². The van der Waals surface area contributed by atoms with Crippen LogP contribution in [0.15, 0.2) is 83.8 Å². The minimum absolute atomic E-state index is 0.129. The summed E-state index contributed by atoms with van der Waals surface area (Å²) in [7, 11) is 0. The van der Waals surface area contributed by atoms with Gasteiger partial charge in [0.25, 0.3) is 0 Å². The molecule has 0 spiro atoms. The van der Waals surface area contributed by atoms with E-state index in [9.17, 15) is 14.4 Å². The fourth-order valence-corrected chi connectivity index (χ4v) is 3.64. The number of hydrogen-bond acceptors (Lipinski definition) is 4. The Kier molecular flexibility index (Phi) is 7.88. The van der Waals surface area contributed by atoms with Crippen molar-refractivity contribution in [1.29, 1.82) is 0 Å². The van der Waals surface area contributed by atoms with E-state index in [1.807, 2.05) is 37.3 Å². The Labute approximate surface area is 191 Å². The van der Waals surface area contributed by atoms with E-state index >= 15 is 0 Å². The molecule has 0 aromatic heterocycles. The van der Waals surface area contributed by atoms with Crippen molar-refractivity contribution >= 4 is 52.4 Å². The number of amides is 4. The van der Waals surface area contributed by atoms with Crippen molar-refractivity contribution < 1.29 is 14.4 Å². The second kappa shape index (κ2) is 11.0. The predicted octanol–water partition coefficient (Wildman–Crippen LogP) is 5.41. The number of thioether (sulfide) groups is 1. The molecule has 0 fully saturated rings. The summed E-state index contributed by atoms with van der Waals surface area (Å²) in [6.07, 6.45) is 0. The number of para-hydroxylation sites is 1. The highest BCUT2D eigenvalue weighted by Gasteiger charge is 2.15. The third kappa shape index (κ3) is 7.17. The molecular formula is C24H24N4O3S. The molecular weight excluding hydrogens is 424 g/mol. The highest BCUT2D eigenvalue weighted by molar-refractivity contribution is 8.00. The van der Waals surface area contributed by atoms with Crippen LogP contribution in [0.4, 0.5) is 27.5 Å². The van der Waals surface area contributed by atoms with Gasteiger partial charge < -0.3 is 21.3 Å². The van der Waals surface area contributed by atoms with Gasteiger partial charge in [0.05, 0.1) is 5.25 Å². The van der Waals surface area contributed by atoms with Gasteiger partial charge in [0.1, 0.15) is 0 Å². The van der Waals surface area contributed by atoms with E-state index in [0.29, 0.717) is 22.7 Å². The number of anilines is 4. The van der Waals surface area contributed by atoms with Crippen LogP contribution in [0.5, 0.6) is 0 Å². The Morgan fingerprint density at radius 3 is 1.69 bits per heavy atom. The lowest BCUT2D eigenvalue weighted by molar-refractivity contribution is -0.115. The van der Waals surface area contributed by atoms with Crippen molar-refractivity contribution in [1.82, 2.24) is 0 Å². The first kappa shape index (κ1) is 22.9. The van der Waals surface area contributed by atoms with E-state index in [-0.39, 0.29) is 23.1 Å². The van der Waals surface area contributed by atoms with E-state index in [1.54, 1.807) is 48.5 Å². The van der Waals surface area contributed by atoms with Crippen LogP contribution in [-0.4, -0.2) is 23.1 Å². The van der Waals surface area contributed by atoms with E-state index < -0.39 is 0 Å². The van der Waals surface area contributed by atoms with Gasteiger partial charge in [-0.25, -0.2) is 4.79 Å². The van der Waals surface area contributed by atoms with E-state index in [0.717, 1.165) is 4.90 Å². The summed E-state index contributed by atoms with van der Waals surface area (Å²) in [4.78, 5) is 36.6. The molecule has 3 aromatic carbocycles. The molecule has 4 amide bonds. The molecule has 3 aromatic rings. The first-order chi connectivity index (χ1) is 15.4. The maximum atomic E-state index is 12.5. The summed E-state index contributed by atoms with van der Waals surface area (Å²) >= 11 is 1.42. The fraction of sp³-hybridized carbons (Fsp3) is 0.125. The summed E-state index contributed by atoms with van der Waals surface area (Å²) in [5.41, 5.74) is 2.66. The zero-order chi connectivity index (χ0) is 22.9. The average molecular weight is 449 g/mol. The summed E-state index contributed by atoms with van der Waals surface area (Å²) in [5.74, 6) is -0.264. The van der Waals surface area contributed by atoms with Crippen LogP contribution >= 0.6 is 11.8 Å². The standard InChI is InChI=1S/C24H24N4O3S/c1-16(32-22-14-12-19(13-15-22)25-17(2)29)23(30)26-20-8-10-21(11-9-20)28-24(31)27-18-6-4-3-5-7-18/h3-16H,1-2H3,(H,25,29)(H,26,30)(H2,27,28,31). The second-order valence-electron chi connectivity index (χ2n) is 6.98. The van der Waals surface area contributed by atoms with Crippen molar-refractivity contribution in [2.75, 3.05) is 21.3 Å². The van der Waals surface area contributed by atoms with Crippen LogP contribution in [0.3, 0.4) is 0 Å². The largest absolute Gasteiger partial charge is 0.326 e. The Balaban J connectivity index is 1.49. The molecule has 0 saturated heterocycles. The van der Waals surface area contributed by atoms with E-state index in [4.69, 9.17) is 0 Å².